The second-order valence-corrected chi connectivity index (χ2v) is 13.8. The van der Waals surface area contributed by atoms with E-state index in [-0.39, 0.29) is 164 Å². The van der Waals surface area contributed by atoms with Crippen LogP contribution in [0.5, 0.6) is 0 Å². The molecule has 5 radical (unpaired) electrons. The second kappa shape index (κ2) is 73.8. The van der Waals surface area contributed by atoms with E-state index in [1.165, 1.54) is 24.3 Å². The topological polar surface area (TPSA) is 77.3 Å². The van der Waals surface area contributed by atoms with Gasteiger partial charge >= 0.3 is 0 Å². The molecular weight excluding hydrogens is 1470 g/mol. The molecule has 0 aliphatic rings. The van der Waals surface area contributed by atoms with Crippen molar-refractivity contribution < 1.29 is 164 Å². The molecule has 0 fully saturated rings. The summed E-state index contributed by atoms with van der Waals surface area (Å²) in [6.07, 6.45) is 24.0. The molecule has 11 rings (SSSR count). The molecule has 463 valence electrons. The van der Waals surface area contributed by atoms with Crippen LogP contribution in [-0.2, 0) is 164 Å². The van der Waals surface area contributed by atoms with Gasteiger partial charge in [-0.2, -0.15) is 12.1 Å². The Balaban J connectivity index is -0.000000118. The fourth-order valence-electron chi connectivity index (χ4n) is 6.31. The minimum absolute atomic E-state index is 0. The van der Waals surface area contributed by atoms with Gasteiger partial charge < -0.3 is 94.9 Å². The van der Waals surface area contributed by atoms with E-state index in [1.807, 2.05) is 272 Å². The molecule has 5 aromatic carbocycles. The third-order valence-corrected chi connectivity index (χ3v) is 9.58. The Bertz CT molecular complexity index is 3110. The zero-order valence-corrected chi connectivity index (χ0v) is 71.5. The Kier molecular flexibility index (Phi) is 86.8. The molecule has 0 saturated heterocycles. The predicted octanol–water partition coefficient (Wildman–Crippen LogP) is 23.2. The summed E-state index contributed by atoms with van der Waals surface area (Å²) < 4.78 is 0. The third-order valence-electron chi connectivity index (χ3n) is 9.58. The maximum absolute atomic E-state index is 5.44. The first-order valence-corrected chi connectivity index (χ1v) is 29.8. The molecule has 0 aliphatic heterocycles. The summed E-state index contributed by atoms with van der Waals surface area (Å²) >= 11 is 0. The third kappa shape index (κ3) is 40.5. The van der Waals surface area contributed by atoms with Gasteiger partial charge in [0.2, 0.25) is 0 Å². The number of benzene rings is 5. The molecule has 6 nitrogen and oxygen atoms in total. The van der Waals surface area contributed by atoms with Crippen LogP contribution in [0.25, 0.3) is 95.5 Å². The average molecular weight is 1560 g/mol. The molecule has 6 heterocycles. The molecule has 0 aliphatic carbocycles. The zero-order chi connectivity index (χ0) is 64.5. The van der Waals surface area contributed by atoms with Crippen molar-refractivity contribution in [2.75, 3.05) is 0 Å². The summed E-state index contributed by atoms with van der Waals surface area (Å²) in [5, 5.41) is 8.75. The van der Waals surface area contributed by atoms with Crippen LogP contribution < -0.4 is 0 Å². The molecule has 0 bridgehead atoms. The number of nitrogens with zero attached hydrogens (tertiary/aromatic N) is 6. The van der Waals surface area contributed by atoms with Crippen molar-refractivity contribution in [3.05, 3.63) is 250 Å². The minimum Gasteiger partial charge on any atom is -0.372 e. The Morgan fingerprint density at radius 2 is 0.663 bits per heavy atom. The number of hydrogen-bond donors (Lipinski definition) is 0. The number of fused-ring (bicyclic) bond motifs is 7. The van der Waals surface area contributed by atoms with Crippen molar-refractivity contribution in [1.29, 1.82) is 0 Å². The zero-order valence-electron chi connectivity index (χ0n) is 57.4. The molecule has 0 N–H and O–H groups in total. The van der Waals surface area contributed by atoms with Crippen LogP contribution in [-0.4, -0.2) is 29.9 Å². The SMILES string of the molecule is CC.CC.CC.CC.CC.CC.CC.CC.CC.CC.[CH-]=Cc1[c-]cc2ccncc2c1.[CH-]=Cc1[c-]cc2cnccc2c1.[CH-]=Cc1[c-]cc2ncccc2c1.[CH-]=Cc1[c-]nc2c(ccc3cccnc32)c1.[CH-]=Cc1[c-]nc2ccccc2c1.[Y].[Y].[Y].[Y].[Y]. The monoisotopic (exact) mass is 1560 g/mol. The van der Waals surface area contributed by atoms with Gasteiger partial charge in [-0.25, -0.2) is 48.5 Å². The van der Waals surface area contributed by atoms with Gasteiger partial charge in [-0.05, 0) is 34.7 Å². The molecule has 0 spiro atoms. The van der Waals surface area contributed by atoms with Gasteiger partial charge in [0.25, 0.3) is 0 Å². The number of pyridine rings is 6. The van der Waals surface area contributed by atoms with E-state index in [9.17, 15) is 0 Å². The van der Waals surface area contributed by atoms with Crippen molar-refractivity contribution in [1.82, 2.24) is 29.9 Å². The Morgan fingerprint density at radius 1 is 0.292 bits per heavy atom. The first-order chi connectivity index (χ1) is 41.5. The first kappa shape index (κ1) is 105. The number of hydrogen-bond acceptors (Lipinski definition) is 6. The van der Waals surface area contributed by atoms with Crippen molar-refractivity contribution in [3.8, 4) is 0 Å². The van der Waals surface area contributed by atoms with Crippen LogP contribution >= 0.6 is 0 Å². The molecule has 6 aromatic heterocycles. The maximum atomic E-state index is 5.44. The summed E-state index contributed by atoms with van der Waals surface area (Å²) in [6.45, 7) is 66.9. The van der Waals surface area contributed by atoms with E-state index in [1.54, 1.807) is 30.9 Å². The van der Waals surface area contributed by atoms with Crippen molar-refractivity contribution in [3.63, 3.8) is 0 Å². The molecule has 11 aromatic rings. The number of aromatic nitrogens is 6. The van der Waals surface area contributed by atoms with Crippen LogP contribution in [0.15, 0.2) is 159 Å². The molecule has 0 atom stereocenters. The van der Waals surface area contributed by atoms with E-state index in [0.29, 0.717) is 0 Å². The Hall–Kier alpha value is -3.22. The molecule has 89 heavy (non-hydrogen) atoms. The molecular formula is C78H96N6Y5-10. The van der Waals surface area contributed by atoms with Gasteiger partial charge in [-0.15, -0.1) is 34.6 Å². The summed E-state index contributed by atoms with van der Waals surface area (Å²) in [5.74, 6) is 0. The van der Waals surface area contributed by atoms with E-state index in [4.69, 9.17) is 32.9 Å². The van der Waals surface area contributed by atoms with Crippen molar-refractivity contribution in [2.45, 2.75) is 138 Å². The molecule has 11 heteroatoms. The van der Waals surface area contributed by atoms with Crippen LogP contribution in [0.2, 0.25) is 0 Å². The van der Waals surface area contributed by atoms with Gasteiger partial charge in [-0.1, -0.05) is 221 Å². The van der Waals surface area contributed by atoms with E-state index in [0.717, 1.165) is 93.0 Å². The normalized spacial score (nSPS) is 8.00. The summed E-state index contributed by atoms with van der Waals surface area (Å²) in [6, 6.07) is 48.3. The summed E-state index contributed by atoms with van der Waals surface area (Å²) in [7, 11) is 0. The maximum Gasteiger partial charge on any atom is 0.0543 e. The van der Waals surface area contributed by atoms with Crippen molar-refractivity contribution >= 4 is 95.5 Å². The van der Waals surface area contributed by atoms with Gasteiger partial charge in [0.15, 0.2) is 0 Å². The van der Waals surface area contributed by atoms with Gasteiger partial charge in [0.1, 0.15) is 0 Å². The quantitative estimate of drug-likeness (QED) is 0.126. The molecule has 0 amide bonds. The van der Waals surface area contributed by atoms with E-state index in [2.05, 4.69) is 60.5 Å². The van der Waals surface area contributed by atoms with Crippen LogP contribution in [0.4, 0.5) is 0 Å². The van der Waals surface area contributed by atoms with E-state index >= 15 is 0 Å². The van der Waals surface area contributed by atoms with Crippen LogP contribution in [0.3, 0.4) is 0 Å². The Labute approximate surface area is 668 Å². The molecule has 0 saturated carbocycles. The smallest absolute Gasteiger partial charge is 0.0543 e. The fourth-order valence-corrected chi connectivity index (χ4v) is 6.31. The van der Waals surface area contributed by atoms with Gasteiger partial charge in [0, 0.05) is 200 Å². The van der Waals surface area contributed by atoms with E-state index < -0.39 is 0 Å². The number of rotatable bonds is 5. The average Bonchev–Trinajstić information content (AvgIpc) is 1.81. The largest absolute Gasteiger partial charge is 0.372 e. The summed E-state index contributed by atoms with van der Waals surface area (Å²) in [5.41, 5.74) is 7.99. The van der Waals surface area contributed by atoms with Crippen molar-refractivity contribution in [2.24, 2.45) is 0 Å². The second-order valence-electron chi connectivity index (χ2n) is 13.8. The number of para-hydroxylation sites is 1. The fraction of sp³-hybridized carbons (Fsp3) is 0.256. The van der Waals surface area contributed by atoms with Crippen LogP contribution in [0, 0.1) is 63.5 Å². The van der Waals surface area contributed by atoms with Gasteiger partial charge in [-0.3, -0.25) is 26.1 Å². The first-order valence-electron chi connectivity index (χ1n) is 29.8. The predicted molar refractivity (Wildman–Crippen MR) is 375 cm³/mol. The van der Waals surface area contributed by atoms with Gasteiger partial charge in [0.05, 0.1) is 5.52 Å². The summed E-state index contributed by atoms with van der Waals surface area (Å²) in [4.78, 5) is 24.9. The van der Waals surface area contributed by atoms with Crippen LogP contribution in [0.1, 0.15) is 166 Å². The standard InChI is InChI=1S/C14H8N2.4C11H7N.10C2H6.5Y/c1-2-10-8-12-6-5-11-4-3-7-15-13(11)14(12)16-9-10;1-2-9-3-4-11-8-12-6-5-10(11)7-9;1-2-9-3-4-10-5-6-12-8-11(10)7-9;1-2-9-5-6-11-10(8-9)4-3-7-12-11;1-2-9-7-10-5-3-4-6-11(10)12-8-9;10*1-2;;;;;/h1-8H;2*1-2,4-8H;1-4,6-8H;1-7H;10*1-2H3;;;;;/q5*-2;;;;;;;;;;;;;;;. The Morgan fingerprint density at radius 3 is 1.19 bits per heavy atom. The molecule has 0 unspecified atom stereocenters. The minimum atomic E-state index is 0.